The fourth-order valence-electron chi connectivity index (χ4n) is 1.84. The standard InChI is InChI=1S/C17H16ClNO4/c1-11(23-15-6-4-3-5-14(15)18)16(20)19-13-9-7-12(8-10-13)17(21)22-2/h3-11H,1-2H3,(H,19,20)/t11-/m0/s1. The smallest absolute Gasteiger partial charge is 0.337 e. The number of halogens is 1. The van der Waals surface area contributed by atoms with E-state index in [1.165, 1.54) is 7.11 Å². The van der Waals surface area contributed by atoms with Gasteiger partial charge in [-0.05, 0) is 43.3 Å². The normalized spacial score (nSPS) is 11.4. The number of benzene rings is 2. The third-order valence-corrected chi connectivity index (χ3v) is 3.40. The number of amides is 1. The molecular formula is C17H16ClNO4. The van der Waals surface area contributed by atoms with E-state index in [9.17, 15) is 9.59 Å². The van der Waals surface area contributed by atoms with E-state index < -0.39 is 12.1 Å². The largest absolute Gasteiger partial charge is 0.479 e. The van der Waals surface area contributed by atoms with Crippen LogP contribution in [0, 0.1) is 0 Å². The second-order valence-electron chi connectivity index (χ2n) is 4.75. The third-order valence-electron chi connectivity index (χ3n) is 3.08. The third kappa shape index (κ3) is 4.47. The van der Waals surface area contributed by atoms with Gasteiger partial charge in [0.05, 0.1) is 17.7 Å². The van der Waals surface area contributed by atoms with E-state index >= 15 is 0 Å². The summed E-state index contributed by atoms with van der Waals surface area (Å²) < 4.78 is 10.2. The number of hydrogen-bond acceptors (Lipinski definition) is 4. The van der Waals surface area contributed by atoms with Crippen LogP contribution in [0.3, 0.4) is 0 Å². The van der Waals surface area contributed by atoms with Crippen molar-refractivity contribution in [2.45, 2.75) is 13.0 Å². The molecule has 0 aliphatic rings. The molecule has 6 heteroatoms. The Kier molecular flexibility index (Phi) is 5.60. The fourth-order valence-corrected chi connectivity index (χ4v) is 2.02. The molecule has 0 aliphatic carbocycles. The van der Waals surface area contributed by atoms with Crippen LogP contribution in [0.5, 0.6) is 5.75 Å². The molecule has 1 N–H and O–H groups in total. The van der Waals surface area contributed by atoms with Crippen molar-refractivity contribution < 1.29 is 19.1 Å². The first-order chi connectivity index (χ1) is 11.0. The molecule has 2 aromatic rings. The van der Waals surface area contributed by atoms with Gasteiger partial charge in [0.25, 0.3) is 5.91 Å². The zero-order valence-corrected chi connectivity index (χ0v) is 13.5. The summed E-state index contributed by atoms with van der Waals surface area (Å²) in [7, 11) is 1.31. The Morgan fingerprint density at radius 2 is 1.74 bits per heavy atom. The maximum atomic E-state index is 12.1. The van der Waals surface area contributed by atoms with Crippen LogP contribution in [-0.2, 0) is 9.53 Å². The average molecular weight is 334 g/mol. The molecule has 120 valence electrons. The monoisotopic (exact) mass is 333 g/mol. The Bertz CT molecular complexity index is 700. The number of carbonyl (C=O) groups excluding carboxylic acids is 2. The quantitative estimate of drug-likeness (QED) is 0.850. The van der Waals surface area contributed by atoms with Gasteiger partial charge in [-0.3, -0.25) is 4.79 Å². The molecule has 2 aromatic carbocycles. The number of carbonyl (C=O) groups is 2. The van der Waals surface area contributed by atoms with E-state index in [-0.39, 0.29) is 5.91 Å². The molecule has 0 aliphatic heterocycles. The number of para-hydroxylation sites is 1. The Morgan fingerprint density at radius 3 is 2.35 bits per heavy atom. The summed E-state index contributed by atoms with van der Waals surface area (Å²) in [4.78, 5) is 23.5. The highest BCUT2D eigenvalue weighted by Gasteiger charge is 2.16. The Morgan fingerprint density at radius 1 is 1.09 bits per heavy atom. The molecule has 0 fully saturated rings. The van der Waals surface area contributed by atoms with Gasteiger partial charge in [-0.2, -0.15) is 0 Å². The Labute approximate surface area is 139 Å². The molecule has 0 radical (unpaired) electrons. The molecule has 5 nitrogen and oxygen atoms in total. The van der Waals surface area contributed by atoms with Gasteiger partial charge in [0.2, 0.25) is 0 Å². The zero-order valence-electron chi connectivity index (χ0n) is 12.7. The predicted octanol–water partition coefficient (Wildman–Crippen LogP) is 3.53. The van der Waals surface area contributed by atoms with Crippen LogP contribution < -0.4 is 10.1 Å². The van der Waals surface area contributed by atoms with Gasteiger partial charge in [0.15, 0.2) is 6.10 Å². The van der Waals surface area contributed by atoms with Crippen LogP contribution >= 0.6 is 11.6 Å². The molecule has 2 rings (SSSR count). The first-order valence-corrected chi connectivity index (χ1v) is 7.29. The van der Waals surface area contributed by atoms with Gasteiger partial charge < -0.3 is 14.8 Å². The van der Waals surface area contributed by atoms with Crippen LogP contribution in [0.4, 0.5) is 5.69 Å². The van der Waals surface area contributed by atoms with Crippen molar-refractivity contribution in [3.63, 3.8) is 0 Å². The Hall–Kier alpha value is -2.53. The summed E-state index contributed by atoms with van der Waals surface area (Å²) >= 11 is 5.99. The average Bonchev–Trinajstić information content (AvgIpc) is 2.56. The van der Waals surface area contributed by atoms with Crippen molar-refractivity contribution in [3.8, 4) is 5.75 Å². The first-order valence-electron chi connectivity index (χ1n) is 6.91. The summed E-state index contributed by atoms with van der Waals surface area (Å²) in [6.07, 6.45) is -0.727. The van der Waals surface area contributed by atoms with Crippen molar-refractivity contribution in [1.29, 1.82) is 0 Å². The summed E-state index contributed by atoms with van der Waals surface area (Å²) in [6, 6.07) is 13.3. The van der Waals surface area contributed by atoms with Crippen LogP contribution in [-0.4, -0.2) is 25.1 Å². The highest BCUT2D eigenvalue weighted by molar-refractivity contribution is 6.32. The van der Waals surface area contributed by atoms with Crippen molar-refractivity contribution in [1.82, 2.24) is 0 Å². The molecule has 0 heterocycles. The maximum Gasteiger partial charge on any atom is 0.337 e. The van der Waals surface area contributed by atoms with Gasteiger partial charge in [-0.25, -0.2) is 4.79 Å². The number of anilines is 1. The molecule has 0 unspecified atom stereocenters. The van der Waals surface area contributed by atoms with Crippen LogP contribution in [0.1, 0.15) is 17.3 Å². The molecule has 1 amide bonds. The molecule has 0 bridgehead atoms. The number of hydrogen-bond donors (Lipinski definition) is 1. The lowest BCUT2D eigenvalue weighted by molar-refractivity contribution is -0.122. The van der Waals surface area contributed by atoms with Gasteiger partial charge in [0, 0.05) is 5.69 Å². The van der Waals surface area contributed by atoms with E-state index in [2.05, 4.69) is 10.1 Å². The minimum absolute atomic E-state index is 0.323. The number of rotatable bonds is 5. The number of ether oxygens (including phenoxy) is 2. The fraction of sp³-hybridized carbons (Fsp3) is 0.176. The second kappa shape index (κ2) is 7.65. The molecule has 0 aromatic heterocycles. The van der Waals surface area contributed by atoms with Gasteiger partial charge in [-0.15, -0.1) is 0 Å². The topological polar surface area (TPSA) is 64.6 Å². The van der Waals surface area contributed by atoms with E-state index in [0.717, 1.165) is 0 Å². The van der Waals surface area contributed by atoms with E-state index in [1.807, 2.05) is 0 Å². The molecule has 0 saturated heterocycles. The van der Waals surface area contributed by atoms with Crippen molar-refractivity contribution >= 4 is 29.2 Å². The molecule has 23 heavy (non-hydrogen) atoms. The van der Waals surface area contributed by atoms with Crippen LogP contribution in [0.25, 0.3) is 0 Å². The van der Waals surface area contributed by atoms with Crippen LogP contribution in [0.15, 0.2) is 48.5 Å². The highest BCUT2D eigenvalue weighted by Crippen LogP contribution is 2.24. The van der Waals surface area contributed by atoms with Crippen molar-refractivity contribution in [2.75, 3.05) is 12.4 Å². The van der Waals surface area contributed by atoms with Gasteiger partial charge >= 0.3 is 5.97 Å². The minimum atomic E-state index is -0.727. The minimum Gasteiger partial charge on any atom is -0.479 e. The second-order valence-corrected chi connectivity index (χ2v) is 5.16. The highest BCUT2D eigenvalue weighted by atomic mass is 35.5. The maximum absolute atomic E-state index is 12.1. The van der Waals surface area contributed by atoms with Gasteiger partial charge in [-0.1, -0.05) is 23.7 Å². The van der Waals surface area contributed by atoms with Gasteiger partial charge in [0.1, 0.15) is 5.75 Å². The first kappa shape index (κ1) is 16.8. The SMILES string of the molecule is COC(=O)c1ccc(NC(=O)[C@H](C)Oc2ccccc2Cl)cc1. The molecule has 1 atom stereocenters. The number of nitrogens with one attached hydrogen (secondary N) is 1. The number of esters is 1. The van der Waals surface area contributed by atoms with E-state index in [0.29, 0.717) is 22.0 Å². The lowest BCUT2D eigenvalue weighted by atomic mass is 10.2. The number of methoxy groups -OCH3 is 1. The van der Waals surface area contributed by atoms with Crippen molar-refractivity contribution in [3.05, 3.63) is 59.1 Å². The lowest BCUT2D eigenvalue weighted by Gasteiger charge is -2.15. The van der Waals surface area contributed by atoms with E-state index in [1.54, 1.807) is 55.5 Å². The van der Waals surface area contributed by atoms with E-state index in [4.69, 9.17) is 16.3 Å². The molecule has 0 spiro atoms. The molecular weight excluding hydrogens is 318 g/mol. The molecule has 0 saturated carbocycles. The van der Waals surface area contributed by atoms with Crippen LogP contribution in [0.2, 0.25) is 5.02 Å². The summed E-state index contributed by atoms with van der Waals surface area (Å²) in [5, 5.41) is 3.15. The Balaban J connectivity index is 1.98. The zero-order chi connectivity index (χ0) is 16.8. The summed E-state index contributed by atoms with van der Waals surface area (Å²) in [5.41, 5.74) is 0.961. The summed E-state index contributed by atoms with van der Waals surface area (Å²) in [6.45, 7) is 1.63. The lowest BCUT2D eigenvalue weighted by Crippen LogP contribution is -2.30. The van der Waals surface area contributed by atoms with Crippen molar-refractivity contribution in [2.24, 2.45) is 0 Å². The summed E-state index contributed by atoms with van der Waals surface area (Å²) in [5.74, 6) is -0.313. The predicted molar refractivity (Wildman–Crippen MR) is 88.0 cm³/mol.